The molecule has 0 fully saturated rings. The molecule has 1 aliphatic rings. The van der Waals surface area contributed by atoms with Crippen molar-refractivity contribution < 1.29 is 53.1 Å². The molecule has 0 saturated heterocycles. The molecule has 0 spiro atoms. The number of nitrogens with zero attached hydrogens (tertiary/aromatic N) is 3. The Morgan fingerprint density at radius 1 is 0.720 bits per heavy atom. The van der Waals surface area contributed by atoms with Crippen LogP contribution in [0.15, 0.2) is 48.5 Å². The maximum Gasteiger partial charge on any atom is 0.407 e. The second kappa shape index (κ2) is 20.8. The molecule has 0 aromatic heterocycles. The van der Waals surface area contributed by atoms with Crippen molar-refractivity contribution >= 4 is 29.8 Å². The lowest BCUT2D eigenvalue weighted by molar-refractivity contribution is -0.146. The molecule has 50 heavy (non-hydrogen) atoms. The number of methoxy groups -OCH3 is 3. The lowest BCUT2D eigenvalue weighted by atomic mass is 9.98. The van der Waals surface area contributed by atoms with Crippen LogP contribution in [0, 0.1) is 0 Å². The Balaban J connectivity index is 1.68. The van der Waals surface area contributed by atoms with Crippen molar-refractivity contribution in [2.45, 2.75) is 24.8 Å². The van der Waals surface area contributed by atoms with Gasteiger partial charge in [-0.3, -0.25) is 14.4 Å². The van der Waals surface area contributed by atoms with Gasteiger partial charge in [-0.15, -0.1) is 0 Å². The SMILES string of the molecule is COCCN(CCO)C(=O)CN(CC(=O)N(CCOC)CCOC)C(=O)CC[C@H](NC(=O)OCC1c2ccccc2-c2ccccc21)C(=O)O. The Kier molecular flexibility index (Phi) is 16.6. The quantitative estimate of drug-likeness (QED) is 0.160. The maximum absolute atomic E-state index is 13.5. The molecule has 4 amide bonds. The summed E-state index contributed by atoms with van der Waals surface area (Å²) < 4.78 is 20.7. The summed E-state index contributed by atoms with van der Waals surface area (Å²) in [6.07, 6.45) is -1.70. The van der Waals surface area contributed by atoms with E-state index in [-0.39, 0.29) is 71.6 Å². The number of hydrogen-bond acceptors (Lipinski definition) is 10. The van der Waals surface area contributed by atoms with E-state index in [1.54, 1.807) is 0 Å². The van der Waals surface area contributed by atoms with E-state index in [1.165, 1.54) is 31.1 Å². The fourth-order valence-electron chi connectivity index (χ4n) is 5.67. The average molecular weight is 701 g/mol. The van der Waals surface area contributed by atoms with Crippen LogP contribution in [0.2, 0.25) is 0 Å². The maximum atomic E-state index is 13.5. The molecule has 1 aliphatic carbocycles. The monoisotopic (exact) mass is 700 g/mol. The molecule has 3 rings (SSSR count). The molecule has 1 atom stereocenters. The molecule has 0 bridgehead atoms. The van der Waals surface area contributed by atoms with Crippen molar-refractivity contribution in [3.05, 3.63) is 59.7 Å². The molecule has 0 unspecified atom stereocenters. The summed E-state index contributed by atoms with van der Waals surface area (Å²) in [6.45, 7) is -0.151. The van der Waals surface area contributed by atoms with Crippen LogP contribution in [0.4, 0.5) is 4.79 Å². The minimum absolute atomic E-state index is 0.0167. The Bertz CT molecular complexity index is 1390. The predicted molar refractivity (Wildman–Crippen MR) is 181 cm³/mol. The van der Waals surface area contributed by atoms with E-state index >= 15 is 0 Å². The van der Waals surface area contributed by atoms with Gasteiger partial charge in [0.25, 0.3) is 0 Å². The molecule has 0 heterocycles. The molecule has 274 valence electrons. The van der Waals surface area contributed by atoms with Gasteiger partial charge in [-0.25, -0.2) is 9.59 Å². The Morgan fingerprint density at radius 3 is 1.66 bits per heavy atom. The first-order valence-corrected chi connectivity index (χ1v) is 16.4. The van der Waals surface area contributed by atoms with Gasteiger partial charge in [0.2, 0.25) is 17.7 Å². The molecule has 2 aromatic carbocycles. The van der Waals surface area contributed by atoms with Gasteiger partial charge in [0.1, 0.15) is 25.7 Å². The zero-order chi connectivity index (χ0) is 36.5. The number of aliphatic hydroxyl groups is 1. The summed E-state index contributed by atoms with van der Waals surface area (Å²) in [5, 5.41) is 21.7. The fraction of sp³-hybridized carbons (Fsp3) is 0.514. The van der Waals surface area contributed by atoms with E-state index in [0.717, 1.165) is 27.2 Å². The minimum atomic E-state index is -1.49. The number of ether oxygens (including phenoxy) is 4. The number of fused-ring (bicyclic) bond motifs is 3. The number of nitrogens with one attached hydrogen (secondary N) is 1. The van der Waals surface area contributed by atoms with Crippen LogP contribution in [0.3, 0.4) is 0 Å². The number of rotatable bonds is 22. The van der Waals surface area contributed by atoms with Crippen LogP contribution in [0.5, 0.6) is 0 Å². The van der Waals surface area contributed by atoms with Crippen LogP contribution in [0.1, 0.15) is 29.9 Å². The van der Waals surface area contributed by atoms with Gasteiger partial charge < -0.3 is 49.2 Å². The van der Waals surface area contributed by atoms with E-state index in [0.29, 0.717) is 0 Å². The standard InChI is InChI=1S/C35H48N4O11/c1-47-19-15-37(14-18-40)32(42)22-39(23-33(43)38(16-20-48-2)17-21-49-3)31(41)13-12-30(34(44)45)36-35(46)50-24-29-27-10-6-4-8-25(27)26-9-5-7-11-28(26)29/h4-11,29-30,40H,12-24H2,1-3H3,(H,36,46)(H,44,45)/t30-/m0/s1. The molecule has 0 radical (unpaired) electrons. The lowest BCUT2D eigenvalue weighted by Crippen LogP contribution is -2.50. The summed E-state index contributed by atoms with van der Waals surface area (Å²) in [5.41, 5.74) is 4.07. The zero-order valence-electron chi connectivity index (χ0n) is 28.9. The first kappa shape index (κ1) is 39.9. The number of carboxylic acid groups (broad SMARTS) is 1. The number of carbonyl (C=O) groups is 5. The van der Waals surface area contributed by atoms with Crippen molar-refractivity contribution in [3.8, 4) is 11.1 Å². The third kappa shape index (κ3) is 11.5. The molecule has 0 aliphatic heterocycles. The first-order chi connectivity index (χ1) is 24.1. The van der Waals surface area contributed by atoms with Gasteiger partial charge in [-0.05, 0) is 28.7 Å². The minimum Gasteiger partial charge on any atom is -0.480 e. The van der Waals surface area contributed by atoms with Crippen molar-refractivity contribution in [2.24, 2.45) is 0 Å². The van der Waals surface area contributed by atoms with Crippen LogP contribution in [-0.2, 0) is 38.1 Å². The second-order valence-corrected chi connectivity index (χ2v) is 11.6. The number of alkyl carbamates (subject to hydrolysis) is 1. The topological polar surface area (TPSA) is 184 Å². The first-order valence-electron chi connectivity index (χ1n) is 16.4. The molecule has 0 saturated carbocycles. The number of amides is 4. The number of carboxylic acids is 1. The number of carbonyl (C=O) groups excluding carboxylic acids is 4. The highest BCUT2D eigenvalue weighted by Crippen LogP contribution is 2.44. The summed E-state index contributed by atoms with van der Waals surface area (Å²) >= 11 is 0. The van der Waals surface area contributed by atoms with Gasteiger partial charge in [0.15, 0.2) is 0 Å². The highest BCUT2D eigenvalue weighted by Gasteiger charge is 2.31. The highest BCUT2D eigenvalue weighted by molar-refractivity contribution is 5.90. The third-order valence-corrected chi connectivity index (χ3v) is 8.36. The highest BCUT2D eigenvalue weighted by atomic mass is 16.5. The van der Waals surface area contributed by atoms with Gasteiger partial charge in [0, 0.05) is 59.8 Å². The molecule has 15 heteroatoms. The van der Waals surface area contributed by atoms with Crippen molar-refractivity contribution in [2.75, 3.05) is 93.6 Å². The Labute approximate surface area is 292 Å². The number of aliphatic carboxylic acids is 1. The van der Waals surface area contributed by atoms with E-state index < -0.39 is 55.3 Å². The zero-order valence-corrected chi connectivity index (χ0v) is 28.9. The second-order valence-electron chi connectivity index (χ2n) is 11.6. The van der Waals surface area contributed by atoms with Gasteiger partial charge >= 0.3 is 12.1 Å². The Morgan fingerprint density at radius 2 is 1.20 bits per heavy atom. The van der Waals surface area contributed by atoms with Crippen LogP contribution in [-0.4, -0.2) is 154 Å². The number of hydrogen-bond donors (Lipinski definition) is 3. The largest absolute Gasteiger partial charge is 0.480 e. The Hall–Kier alpha value is -4.57. The predicted octanol–water partition coefficient (Wildman–Crippen LogP) is 1.18. The molecule has 2 aromatic rings. The van der Waals surface area contributed by atoms with Crippen LogP contribution in [0.25, 0.3) is 11.1 Å². The van der Waals surface area contributed by atoms with E-state index in [2.05, 4.69) is 5.32 Å². The van der Waals surface area contributed by atoms with Crippen molar-refractivity contribution in [1.29, 1.82) is 0 Å². The van der Waals surface area contributed by atoms with E-state index in [9.17, 15) is 34.2 Å². The molecular weight excluding hydrogens is 652 g/mol. The fourth-order valence-corrected chi connectivity index (χ4v) is 5.67. The molecular formula is C35H48N4O11. The van der Waals surface area contributed by atoms with Crippen molar-refractivity contribution in [1.82, 2.24) is 20.0 Å². The van der Waals surface area contributed by atoms with Gasteiger partial charge in [-0.1, -0.05) is 48.5 Å². The lowest BCUT2D eigenvalue weighted by Gasteiger charge is -2.29. The molecule has 3 N–H and O–H groups in total. The summed E-state index contributed by atoms with van der Waals surface area (Å²) in [4.78, 5) is 68.8. The molecule has 15 nitrogen and oxygen atoms in total. The van der Waals surface area contributed by atoms with E-state index in [4.69, 9.17) is 18.9 Å². The summed E-state index contributed by atoms with van der Waals surface area (Å²) in [6, 6.07) is 14.1. The summed E-state index contributed by atoms with van der Waals surface area (Å²) in [7, 11) is 4.43. The van der Waals surface area contributed by atoms with Crippen LogP contribution < -0.4 is 5.32 Å². The number of benzene rings is 2. The number of aliphatic hydroxyl groups excluding tert-OH is 1. The van der Waals surface area contributed by atoms with Crippen molar-refractivity contribution in [3.63, 3.8) is 0 Å². The summed E-state index contributed by atoms with van der Waals surface area (Å²) in [5.74, 6) is -3.31. The van der Waals surface area contributed by atoms with Gasteiger partial charge in [0.05, 0.1) is 26.4 Å². The normalized spacial score (nSPS) is 12.4. The van der Waals surface area contributed by atoms with Gasteiger partial charge in [-0.2, -0.15) is 0 Å². The third-order valence-electron chi connectivity index (χ3n) is 8.36. The smallest absolute Gasteiger partial charge is 0.407 e. The average Bonchev–Trinajstić information content (AvgIpc) is 3.43. The van der Waals surface area contributed by atoms with E-state index in [1.807, 2.05) is 48.5 Å². The van der Waals surface area contributed by atoms with Crippen LogP contribution >= 0.6 is 0 Å².